The normalized spacial score (nSPS) is 13.1. The Hall–Kier alpha value is -4.27. The van der Waals surface area contributed by atoms with Crippen molar-refractivity contribution in [3.05, 3.63) is 82.5 Å². The van der Waals surface area contributed by atoms with Crippen LogP contribution in [-0.4, -0.2) is 33.2 Å². The highest BCUT2D eigenvalue weighted by Gasteiger charge is 2.35. The van der Waals surface area contributed by atoms with Gasteiger partial charge in [0.05, 0.1) is 35.4 Å². The molecule has 154 valence electrons. The van der Waals surface area contributed by atoms with E-state index in [9.17, 15) is 14.4 Å². The molecular weight excluding hydrogens is 400 g/mol. The van der Waals surface area contributed by atoms with Crippen molar-refractivity contribution < 1.29 is 18.7 Å². The molecule has 31 heavy (non-hydrogen) atoms. The number of anilines is 1. The molecule has 0 N–H and O–H groups in total. The molecular formula is C22H16N4O5. The van der Waals surface area contributed by atoms with Gasteiger partial charge in [-0.05, 0) is 24.3 Å². The van der Waals surface area contributed by atoms with E-state index >= 15 is 0 Å². The Morgan fingerprint density at radius 1 is 0.968 bits per heavy atom. The second-order valence-electron chi connectivity index (χ2n) is 6.99. The van der Waals surface area contributed by atoms with Gasteiger partial charge in [-0.25, -0.2) is 4.79 Å². The highest BCUT2D eigenvalue weighted by atomic mass is 16.5. The summed E-state index contributed by atoms with van der Waals surface area (Å²) in [7, 11) is 0. The molecule has 0 radical (unpaired) electrons. The van der Waals surface area contributed by atoms with E-state index < -0.39 is 17.3 Å². The minimum Gasteiger partial charge on any atom is -0.486 e. The van der Waals surface area contributed by atoms with E-state index in [2.05, 4.69) is 10.3 Å². The van der Waals surface area contributed by atoms with Gasteiger partial charge >= 0.3 is 5.63 Å². The van der Waals surface area contributed by atoms with E-state index in [0.717, 1.165) is 0 Å². The Labute approximate surface area is 175 Å². The molecule has 2 aromatic carbocycles. The summed E-state index contributed by atoms with van der Waals surface area (Å²) >= 11 is 0. The molecule has 0 saturated heterocycles. The van der Waals surface area contributed by atoms with Crippen molar-refractivity contribution in [2.75, 3.05) is 11.4 Å². The number of aromatic nitrogens is 3. The minimum atomic E-state index is -0.542. The highest BCUT2D eigenvalue weighted by Crippen LogP contribution is 2.28. The van der Waals surface area contributed by atoms with Gasteiger partial charge in [-0.2, -0.15) is 0 Å². The lowest BCUT2D eigenvalue weighted by molar-refractivity contribution is -0.114. The maximum absolute atomic E-state index is 12.3. The lowest BCUT2D eigenvalue weighted by Crippen LogP contribution is -2.32. The molecule has 1 amide bonds. The second-order valence-corrected chi connectivity index (χ2v) is 6.99. The number of para-hydroxylation sites is 2. The third-order valence-corrected chi connectivity index (χ3v) is 5.01. The van der Waals surface area contributed by atoms with E-state index in [1.807, 2.05) is 6.07 Å². The zero-order valence-corrected chi connectivity index (χ0v) is 16.2. The zero-order valence-electron chi connectivity index (χ0n) is 16.2. The van der Waals surface area contributed by atoms with Crippen LogP contribution in [0.3, 0.4) is 0 Å². The fourth-order valence-corrected chi connectivity index (χ4v) is 3.54. The smallest absolute Gasteiger partial charge is 0.339 e. The lowest BCUT2D eigenvalue weighted by Gasteiger charge is -2.15. The van der Waals surface area contributed by atoms with Crippen LogP contribution in [0.2, 0.25) is 0 Å². The summed E-state index contributed by atoms with van der Waals surface area (Å²) in [6, 6.07) is 15.3. The summed E-state index contributed by atoms with van der Waals surface area (Å²) in [6.45, 7) is 0.755. The molecule has 9 heteroatoms. The maximum atomic E-state index is 12.3. The summed E-state index contributed by atoms with van der Waals surface area (Å²) in [5, 5.41) is 8.81. The number of carbonyl (C=O) groups excluding carboxylic acids is 2. The SMILES string of the molecule is O=C1C(=O)N(CCn2cc(COc3cc(=O)oc4ccccc34)nn2)c2ccccc21. The van der Waals surface area contributed by atoms with Gasteiger partial charge in [-0.1, -0.05) is 29.5 Å². The van der Waals surface area contributed by atoms with E-state index in [4.69, 9.17) is 9.15 Å². The monoisotopic (exact) mass is 416 g/mol. The van der Waals surface area contributed by atoms with Crippen molar-refractivity contribution in [3.8, 4) is 5.75 Å². The molecule has 5 rings (SSSR count). The van der Waals surface area contributed by atoms with Gasteiger partial charge < -0.3 is 14.1 Å². The van der Waals surface area contributed by atoms with E-state index in [1.54, 1.807) is 53.3 Å². The van der Waals surface area contributed by atoms with Gasteiger partial charge in [0.15, 0.2) is 0 Å². The van der Waals surface area contributed by atoms with Gasteiger partial charge in [-0.3, -0.25) is 14.3 Å². The summed E-state index contributed by atoms with van der Waals surface area (Å²) in [4.78, 5) is 37.5. The number of ketones is 1. The van der Waals surface area contributed by atoms with E-state index in [0.29, 0.717) is 40.2 Å². The molecule has 0 spiro atoms. The molecule has 1 aliphatic heterocycles. The van der Waals surface area contributed by atoms with Crippen LogP contribution in [0.1, 0.15) is 16.1 Å². The Bertz CT molecular complexity index is 1370. The molecule has 0 saturated carbocycles. The number of fused-ring (bicyclic) bond motifs is 2. The van der Waals surface area contributed by atoms with Gasteiger partial charge in [0.2, 0.25) is 0 Å². The molecule has 2 aromatic heterocycles. The topological polar surface area (TPSA) is 108 Å². The number of hydrogen-bond donors (Lipinski definition) is 0. The quantitative estimate of drug-likeness (QED) is 0.350. The van der Waals surface area contributed by atoms with Crippen molar-refractivity contribution in [3.63, 3.8) is 0 Å². The molecule has 1 aliphatic rings. The largest absolute Gasteiger partial charge is 0.486 e. The molecule has 4 aromatic rings. The first kappa shape index (κ1) is 18.7. The Kier molecular flexibility index (Phi) is 4.55. The molecule has 0 aliphatic carbocycles. The summed E-state index contributed by atoms with van der Waals surface area (Å²) in [6.07, 6.45) is 1.70. The third-order valence-electron chi connectivity index (χ3n) is 5.01. The summed E-state index contributed by atoms with van der Waals surface area (Å²) in [5.74, 6) is -0.637. The minimum absolute atomic E-state index is 0.109. The Morgan fingerprint density at radius 3 is 2.68 bits per heavy atom. The molecule has 0 atom stereocenters. The Morgan fingerprint density at radius 2 is 1.77 bits per heavy atom. The van der Waals surface area contributed by atoms with Crippen molar-refractivity contribution in [1.29, 1.82) is 0 Å². The van der Waals surface area contributed by atoms with Crippen LogP contribution in [0.15, 0.2) is 70.0 Å². The van der Waals surface area contributed by atoms with Crippen LogP contribution < -0.4 is 15.3 Å². The predicted molar refractivity (Wildman–Crippen MR) is 110 cm³/mol. The first-order valence-electron chi connectivity index (χ1n) is 9.60. The zero-order chi connectivity index (χ0) is 21.4. The van der Waals surface area contributed by atoms with Crippen LogP contribution in [0.25, 0.3) is 11.0 Å². The number of nitrogens with zero attached hydrogens (tertiary/aromatic N) is 4. The first-order chi connectivity index (χ1) is 15.1. The lowest BCUT2D eigenvalue weighted by atomic mass is 10.1. The van der Waals surface area contributed by atoms with Crippen LogP contribution in [0, 0.1) is 0 Å². The van der Waals surface area contributed by atoms with Crippen molar-refractivity contribution in [2.45, 2.75) is 13.2 Å². The number of carbonyl (C=O) groups is 2. The highest BCUT2D eigenvalue weighted by molar-refractivity contribution is 6.52. The average molecular weight is 416 g/mol. The van der Waals surface area contributed by atoms with E-state index in [-0.39, 0.29) is 13.2 Å². The third kappa shape index (κ3) is 3.46. The van der Waals surface area contributed by atoms with Crippen LogP contribution in [0.5, 0.6) is 5.75 Å². The van der Waals surface area contributed by atoms with Crippen molar-refractivity contribution in [2.24, 2.45) is 0 Å². The second kappa shape index (κ2) is 7.52. The summed E-state index contributed by atoms with van der Waals surface area (Å²) in [5.41, 5.74) is 1.53. The fourth-order valence-electron chi connectivity index (χ4n) is 3.54. The molecule has 9 nitrogen and oxygen atoms in total. The van der Waals surface area contributed by atoms with Gasteiger partial charge in [0.1, 0.15) is 23.6 Å². The number of hydrogen-bond acceptors (Lipinski definition) is 7. The van der Waals surface area contributed by atoms with Crippen LogP contribution in [0.4, 0.5) is 5.69 Å². The maximum Gasteiger partial charge on any atom is 0.339 e. The number of rotatable bonds is 6. The number of benzene rings is 2. The predicted octanol–water partition coefficient (Wildman–Crippen LogP) is 2.19. The molecule has 0 unspecified atom stereocenters. The molecule has 0 bridgehead atoms. The van der Waals surface area contributed by atoms with Gasteiger partial charge in [-0.15, -0.1) is 5.10 Å². The van der Waals surface area contributed by atoms with Crippen LogP contribution in [-0.2, 0) is 17.9 Å². The van der Waals surface area contributed by atoms with Crippen molar-refractivity contribution >= 4 is 28.3 Å². The first-order valence-corrected chi connectivity index (χ1v) is 9.60. The number of ether oxygens (including phenoxy) is 1. The number of amides is 1. The van der Waals surface area contributed by atoms with Gasteiger partial charge in [0.25, 0.3) is 11.7 Å². The molecule has 3 heterocycles. The van der Waals surface area contributed by atoms with Crippen molar-refractivity contribution in [1.82, 2.24) is 15.0 Å². The van der Waals surface area contributed by atoms with E-state index in [1.165, 1.54) is 11.0 Å². The molecule has 0 fully saturated rings. The van der Waals surface area contributed by atoms with Gasteiger partial charge in [0, 0.05) is 6.54 Å². The number of Topliss-reactive ketones (excluding diaryl/α,β-unsaturated/α-hetero) is 1. The average Bonchev–Trinajstić information content (AvgIpc) is 3.33. The summed E-state index contributed by atoms with van der Waals surface area (Å²) < 4.78 is 12.5. The Balaban J connectivity index is 1.26. The van der Waals surface area contributed by atoms with Crippen LogP contribution >= 0.6 is 0 Å². The standard InChI is InChI=1S/C22H16N4O5/c27-20-11-19(16-6-2-4-8-18(16)31-20)30-13-14-12-25(24-23-14)9-10-26-17-7-3-1-5-15(17)21(28)22(26)29/h1-8,11-12H,9-10,13H2. The fraction of sp³-hybridized carbons (Fsp3) is 0.136.